The first-order valence-electron chi connectivity index (χ1n) is 13.3. The zero-order valence-corrected chi connectivity index (χ0v) is 24.2. The Morgan fingerprint density at radius 3 is 2.21 bits per heavy atom. The lowest BCUT2D eigenvalue weighted by atomic mass is 9.70. The maximum absolute atomic E-state index is 15.1. The number of nitrogens with zero attached hydrogens (tertiary/aromatic N) is 1. The second-order valence-electron chi connectivity index (χ2n) is 12.1. The molecule has 0 radical (unpaired) electrons. The second kappa shape index (κ2) is 11.7. The number of piperidine rings is 2. The summed E-state index contributed by atoms with van der Waals surface area (Å²) >= 11 is 0. The van der Waals surface area contributed by atoms with Gasteiger partial charge in [-0.15, -0.1) is 0 Å². The van der Waals surface area contributed by atoms with E-state index in [4.69, 9.17) is 0 Å². The van der Waals surface area contributed by atoms with E-state index < -0.39 is 98.6 Å². The first-order valence-corrected chi connectivity index (χ1v) is 15.2. The molecular weight excluding hydrogens is 598 g/mol. The molecule has 6 atom stereocenters. The van der Waals surface area contributed by atoms with E-state index in [1.807, 2.05) is 0 Å². The molecule has 0 aromatic rings. The van der Waals surface area contributed by atoms with Crippen molar-refractivity contribution in [3.05, 3.63) is 11.2 Å². The molecule has 0 aromatic heterocycles. The first kappa shape index (κ1) is 33.6. The zero-order chi connectivity index (χ0) is 32.0. The first-order chi connectivity index (χ1) is 19.0. The second-order valence-corrected chi connectivity index (χ2v) is 14.1. The number of fused-ring (bicyclic) bond motifs is 3. The summed E-state index contributed by atoms with van der Waals surface area (Å²) in [6, 6.07) is -6.56. The van der Waals surface area contributed by atoms with E-state index in [9.17, 15) is 45.2 Å². The van der Waals surface area contributed by atoms with Gasteiger partial charge in [0, 0.05) is 31.2 Å². The lowest BCUT2D eigenvalue weighted by molar-refractivity contribution is -0.197. The molecule has 0 aromatic carbocycles. The van der Waals surface area contributed by atoms with Crippen molar-refractivity contribution in [1.82, 2.24) is 20.9 Å². The molecule has 3 N–H and O–H groups in total. The molecule has 2 bridgehead atoms. The van der Waals surface area contributed by atoms with Crippen molar-refractivity contribution in [2.24, 2.45) is 17.3 Å². The van der Waals surface area contributed by atoms with Gasteiger partial charge in [-0.25, -0.2) is 17.2 Å². The van der Waals surface area contributed by atoms with Crippen molar-refractivity contribution in [2.75, 3.05) is 12.8 Å². The van der Waals surface area contributed by atoms with Gasteiger partial charge in [0.2, 0.25) is 32.7 Å². The third kappa shape index (κ3) is 7.37. The minimum atomic E-state index is -5.36. The van der Waals surface area contributed by atoms with Crippen molar-refractivity contribution in [3.8, 4) is 0 Å². The van der Waals surface area contributed by atoms with E-state index in [1.54, 1.807) is 5.32 Å². The van der Waals surface area contributed by atoms with E-state index in [-0.39, 0.29) is 32.2 Å². The Bertz CT molecular complexity index is 1250. The van der Waals surface area contributed by atoms with Crippen LogP contribution in [0.5, 0.6) is 0 Å². The van der Waals surface area contributed by atoms with Crippen molar-refractivity contribution in [3.63, 3.8) is 0 Å². The quantitative estimate of drug-likeness (QED) is 0.350. The molecule has 0 unspecified atom stereocenters. The number of halogens is 6. The van der Waals surface area contributed by atoms with Crippen LogP contribution in [0, 0.1) is 17.3 Å². The Morgan fingerprint density at radius 1 is 1.12 bits per heavy atom. The van der Waals surface area contributed by atoms with Crippen LogP contribution in [0.2, 0.25) is 0 Å². The number of carbonyl (C=O) groups is 4. The molecule has 17 heteroatoms. The fourth-order valence-electron chi connectivity index (χ4n) is 5.73. The summed E-state index contributed by atoms with van der Waals surface area (Å²) in [6.07, 6.45) is -5.38. The molecule has 1 aliphatic carbocycles. The Balaban J connectivity index is 2.00. The van der Waals surface area contributed by atoms with Crippen LogP contribution in [0.25, 0.3) is 0 Å². The van der Waals surface area contributed by atoms with Gasteiger partial charge < -0.3 is 20.9 Å². The summed E-state index contributed by atoms with van der Waals surface area (Å²) in [7, 11) is -4.38. The predicted molar refractivity (Wildman–Crippen MR) is 136 cm³/mol. The summed E-state index contributed by atoms with van der Waals surface area (Å²) in [5, 5.41) is 4.81. The van der Waals surface area contributed by atoms with Crippen LogP contribution in [-0.4, -0.2) is 86.0 Å². The number of nitrogens with one attached hydrogen (secondary N) is 3. The van der Waals surface area contributed by atoms with E-state index >= 15 is 8.78 Å². The topological polar surface area (TPSA) is 142 Å². The summed E-state index contributed by atoms with van der Waals surface area (Å²) < 4.78 is 107. The number of rotatable bonds is 8. The normalized spacial score (nSPS) is 27.7. The van der Waals surface area contributed by atoms with Crippen LogP contribution >= 0.6 is 0 Å². The van der Waals surface area contributed by atoms with Crippen LogP contribution < -0.4 is 16.0 Å². The lowest BCUT2D eigenvalue weighted by Gasteiger charge is -2.55. The molecule has 4 aliphatic rings. The summed E-state index contributed by atoms with van der Waals surface area (Å²) in [5.74, 6) is -11.3. The van der Waals surface area contributed by atoms with E-state index in [1.165, 1.54) is 20.8 Å². The Morgan fingerprint density at radius 2 is 1.74 bits per heavy atom. The van der Waals surface area contributed by atoms with Gasteiger partial charge in [-0.1, -0.05) is 20.8 Å². The van der Waals surface area contributed by atoms with E-state index in [0.717, 1.165) is 4.90 Å². The zero-order valence-electron chi connectivity index (χ0n) is 23.4. The van der Waals surface area contributed by atoms with Crippen molar-refractivity contribution in [1.29, 1.82) is 0 Å². The van der Waals surface area contributed by atoms with Crippen LogP contribution in [0.3, 0.4) is 0 Å². The SMILES string of the molecule is CC(C)(C)[C@@H](NC(=O)C(F)(F)F)C(=O)N1[C@H]2CC[C@@H]([C@H]1C(=O)N[C@H](/C=C(/F)S(C)(=O)=O)C[C@@H]1CCNC1=O)C(F)(F)C2. The third-order valence-electron chi connectivity index (χ3n) is 7.82. The standard InChI is InChI=1S/C25H34F6N4O6S/c1-23(2,3)18(34-22(39)25(29,30)31)21(38)35-14-5-6-15(24(27,28)11-14)17(35)20(37)33-13(10-16(26)42(4,40)41)9-12-7-8-32-19(12)36/h10,12-15,17-18H,5-9,11H2,1-4H3,(H,32,36)(H,33,37)(H,34,39)/b16-10-/t12-,13-,14-,15-,17-,18-/m0/s1. The molecule has 4 rings (SSSR count). The molecule has 10 nitrogen and oxygen atoms in total. The number of amides is 4. The molecule has 0 spiro atoms. The molecule has 4 amide bonds. The van der Waals surface area contributed by atoms with Crippen molar-refractivity contribution >= 4 is 33.5 Å². The molecular formula is C25H34F6N4O6S. The largest absolute Gasteiger partial charge is 0.471 e. The molecule has 3 aliphatic heterocycles. The fourth-order valence-corrected chi connectivity index (χ4v) is 6.14. The van der Waals surface area contributed by atoms with Gasteiger partial charge in [0.15, 0.2) is 0 Å². The highest BCUT2D eigenvalue weighted by Crippen LogP contribution is 2.49. The van der Waals surface area contributed by atoms with Gasteiger partial charge in [-0.3, -0.25) is 19.2 Å². The lowest BCUT2D eigenvalue weighted by Crippen LogP contribution is -2.71. The third-order valence-corrected chi connectivity index (χ3v) is 8.66. The molecule has 3 heterocycles. The Labute approximate surface area is 238 Å². The van der Waals surface area contributed by atoms with Gasteiger partial charge >= 0.3 is 12.1 Å². The van der Waals surface area contributed by atoms with Gasteiger partial charge in [0.1, 0.15) is 12.1 Å². The number of hydrogen-bond acceptors (Lipinski definition) is 6. The van der Waals surface area contributed by atoms with Crippen LogP contribution in [-0.2, 0) is 29.0 Å². The van der Waals surface area contributed by atoms with Crippen LogP contribution in [0.4, 0.5) is 26.3 Å². The van der Waals surface area contributed by atoms with Crippen molar-refractivity contribution < 1.29 is 53.9 Å². The maximum Gasteiger partial charge on any atom is 0.471 e. The molecule has 4 fully saturated rings. The van der Waals surface area contributed by atoms with Crippen molar-refractivity contribution in [2.45, 2.75) is 89.1 Å². The smallest absolute Gasteiger partial charge is 0.356 e. The van der Waals surface area contributed by atoms with Gasteiger partial charge in [0.05, 0.1) is 12.0 Å². The fraction of sp³-hybridized carbons (Fsp3) is 0.760. The van der Waals surface area contributed by atoms with Gasteiger partial charge in [-0.05, 0) is 37.2 Å². The minimum absolute atomic E-state index is 0.00808. The van der Waals surface area contributed by atoms with Crippen LogP contribution in [0.1, 0.15) is 52.9 Å². The predicted octanol–water partition coefficient (Wildman–Crippen LogP) is 1.96. The molecule has 1 saturated carbocycles. The highest BCUT2D eigenvalue weighted by atomic mass is 32.2. The summed E-state index contributed by atoms with van der Waals surface area (Å²) in [4.78, 5) is 52.0. The summed E-state index contributed by atoms with van der Waals surface area (Å²) in [5.41, 5.74) is -1.35. The molecule has 238 valence electrons. The minimum Gasteiger partial charge on any atom is -0.356 e. The Hall–Kier alpha value is -2.85. The number of hydrogen-bond donors (Lipinski definition) is 3. The Kier molecular flexibility index (Phi) is 9.36. The van der Waals surface area contributed by atoms with E-state index in [0.29, 0.717) is 12.3 Å². The number of alkyl halides is 5. The highest BCUT2D eigenvalue weighted by Gasteiger charge is 2.61. The maximum atomic E-state index is 15.1. The monoisotopic (exact) mass is 632 g/mol. The van der Waals surface area contributed by atoms with E-state index in [2.05, 4.69) is 10.6 Å². The highest BCUT2D eigenvalue weighted by molar-refractivity contribution is 7.94. The average Bonchev–Trinajstić information content (AvgIpc) is 3.22. The number of carbonyl (C=O) groups excluding carboxylic acids is 4. The van der Waals surface area contributed by atoms with Crippen LogP contribution in [0.15, 0.2) is 11.2 Å². The van der Waals surface area contributed by atoms with Gasteiger partial charge in [-0.2, -0.15) is 17.6 Å². The molecule has 3 saturated heterocycles. The number of sulfone groups is 1. The van der Waals surface area contributed by atoms with Gasteiger partial charge in [0.25, 0.3) is 5.92 Å². The molecule has 42 heavy (non-hydrogen) atoms. The average molecular weight is 633 g/mol. The summed E-state index contributed by atoms with van der Waals surface area (Å²) in [6.45, 7) is 4.31.